The van der Waals surface area contributed by atoms with Crippen LogP contribution in [0, 0.1) is 30.9 Å². The zero-order valence-electron chi connectivity index (χ0n) is 18.9. The first-order chi connectivity index (χ1) is 16.7. The fraction of sp³-hybridized carbons (Fsp3) is 0.160. The van der Waals surface area contributed by atoms with Gasteiger partial charge in [-0.2, -0.15) is 0 Å². The second-order valence-electron chi connectivity index (χ2n) is 8.36. The van der Waals surface area contributed by atoms with Gasteiger partial charge in [0.2, 0.25) is 5.78 Å². The third-order valence-corrected chi connectivity index (χ3v) is 6.84. The molecule has 1 aliphatic rings. The number of rotatable bonds is 5. The largest absolute Gasteiger partial charge is 0.503 e. The Labute approximate surface area is 203 Å². The SMILES string of the molecule is Cc1cc(C)c2nc(N3C(=O)C(O)=C(C(=O)c4ccc(C)o4)C3c3cccc([N+](=O)[O-])c3)sc2c1. The third kappa shape index (κ3) is 3.68. The molecule has 176 valence electrons. The van der Waals surface area contributed by atoms with E-state index in [1.54, 1.807) is 19.1 Å². The summed E-state index contributed by atoms with van der Waals surface area (Å²) >= 11 is 1.24. The number of nitro benzene ring substituents is 1. The molecule has 1 amide bonds. The number of nitro groups is 1. The van der Waals surface area contributed by atoms with Gasteiger partial charge in [-0.15, -0.1) is 0 Å². The van der Waals surface area contributed by atoms with Crippen molar-refractivity contribution in [3.8, 4) is 0 Å². The lowest BCUT2D eigenvalue weighted by Crippen LogP contribution is -2.31. The summed E-state index contributed by atoms with van der Waals surface area (Å²) in [6.45, 7) is 5.53. The maximum atomic E-state index is 13.4. The minimum atomic E-state index is -1.14. The summed E-state index contributed by atoms with van der Waals surface area (Å²) in [5.41, 5.74) is 2.49. The number of non-ortho nitro benzene ring substituents is 1. The lowest BCUT2D eigenvalue weighted by molar-refractivity contribution is -0.384. The summed E-state index contributed by atoms with van der Waals surface area (Å²) in [5, 5.41) is 22.6. The minimum absolute atomic E-state index is 0.0510. The number of hydrogen-bond donors (Lipinski definition) is 1. The molecule has 0 saturated heterocycles. The topological polar surface area (TPSA) is 127 Å². The van der Waals surface area contributed by atoms with Crippen LogP contribution in [0.2, 0.25) is 0 Å². The highest BCUT2D eigenvalue weighted by Crippen LogP contribution is 2.45. The minimum Gasteiger partial charge on any atom is -0.503 e. The van der Waals surface area contributed by atoms with Crippen LogP contribution in [0.1, 0.15) is 39.0 Å². The zero-order chi connectivity index (χ0) is 25.0. The van der Waals surface area contributed by atoms with Gasteiger partial charge in [0, 0.05) is 12.1 Å². The molecule has 3 heterocycles. The molecule has 0 spiro atoms. The van der Waals surface area contributed by atoms with Crippen LogP contribution in [-0.2, 0) is 4.79 Å². The number of fused-ring (bicyclic) bond motifs is 1. The number of aliphatic hydroxyl groups is 1. The zero-order valence-corrected chi connectivity index (χ0v) is 19.8. The smallest absolute Gasteiger partial charge is 0.296 e. The van der Waals surface area contributed by atoms with Gasteiger partial charge in [0.15, 0.2) is 16.7 Å². The number of furan rings is 1. The number of aliphatic hydroxyl groups excluding tert-OH is 1. The van der Waals surface area contributed by atoms with Gasteiger partial charge in [-0.25, -0.2) is 4.98 Å². The molecule has 0 bridgehead atoms. The van der Waals surface area contributed by atoms with Crippen molar-refractivity contribution in [2.24, 2.45) is 0 Å². The van der Waals surface area contributed by atoms with E-state index in [0.717, 1.165) is 15.8 Å². The molecular formula is C25H19N3O6S. The lowest BCUT2D eigenvalue weighted by atomic mass is 9.95. The number of aryl methyl sites for hydroxylation is 3. The fourth-order valence-electron chi connectivity index (χ4n) is 4.31. The normalized spacial score (nSPS) is 15.9. The van der Waals surface area contributed by atoms with E-state index in [1.165, 1.54) is 40.5 Å². The van der Waals surface area contributed by atoms with Crippen molar-refractivity contribution in [1.82, 2.24) is 4.98 Å². The van der Waals surface area contributed by atoms with Gasteiger partial charge in [0.25, 0.3) is 11.6 Å². The third-order valence-electron chi connectivity index (χ3n) is 5.84. The summed E-state index contributed by atoms with van der Waals surface area (Å²) in [4.78, 5) is 43.5. The number of aromatic nitrogens is 1. The Hall–Kier alpha value is -4.31. The van der Waals surface area contributed by atoms with Gasteiger partial charge in [-0.05, 0) is 55.7 Å². The van der Waals surface area contributed by atoms with Gasteiger partial charge >= 0.3 is 0 Å². The van der Waals surface area contributed by atoms with Gasteiger partial charge < -0.3 is 9.52 Å². The number of Topliss-reactive ketones (excluding diaryl/α,β-unsaturated/α-hetero) is 1. The van der Waals surface area contributed by atoms with E-state index in [1.807, 2.05) is 26.0 Å². The van der Waals surface area contributed by atoms with Crippen LogP contribution in [0.4, 0.5) is 10.8 Å². The van der Waals surface area contributed by atoms with E-state index < -0.39 is 28.4 Å². The van der Waals surface area contributed by atoms with Crippen molar-refractivity contribution in [2.75, 3.05) is 4.90 Å². The first-order valence-corrected chi connectivity index (χ1v) is 11.5. The number of hydrogen-bond acceptors (Lipinski definition) is 8. The van der Waals surface area contributed by atoms with E-state index in [0.29, 0.717) is 11.3 Å². The van der Waals surface area contributed by atoms with Gasteiger partial charge in [0.1, 0.15) is 5.76 Å². The number of thiazole rings is 1. The Kier molecular flexibility index (Phi) is 5.25. The van der Waals surface area contributed by atoms with Crippen molar-refractivity contribution >= 4 is 44.1 Å². The van der Waals surface area contributed by atoms with E-state index in [-0.39, 0.29) is 27.7 Å². The van der Waals surface area contributed by atoms with Crippen LogP contribution < -0.4 is 4.90 Å². The van der Waals surface area contributed by atoms with Crippen LogP contribution in [0.3, 0.4) is 0 Å². The average molecular weight is 490 g/mol. The Morgan fingerprint density at radius 1 is 1.17 bits per heavy atom. The standard InChI is InChI=1S/C25H19N3O6S/c1-12-9-13(2)20-18(10-12)35-25(26-20)27-21(15-5-4-6-16(11-15)28(32)33)19(23(30)24(27)31)22(29)17-8-7-14(3)34-17/h4-11,21,30H,1-3H3. The summed E-state index contributed by atoms with van der Waals surface area (Å²) in [6, 6.07) is 11.5. The molecule has 1 atom stereocenters. The van der Waals surface area contributed by atoms with Crippen LogP contribution in [0.15, 0.2) is 64.3 Å². The van der Waals surface area contributed by atoms with Crippen molar-refractivity contribution in [2.45, 2.75) is 26.8 Å². The average Bonchev–Trinajstić information content (AvgIpc) is 3.50. The lowest BCUT2D eigenvalue weighted by Gasteiger charge is -2.24. The van der Waals surface area contributed by atoms with E-state index in [4.69, 9.17) is 4.42 Å². The predicted molar refractivity (Wildman–Crippen MR) is 130 cm³/mol. The first kappa shape index (κ1) is 22.5. The number of carbonyl (C=O) groups excluding carboxylic acids is 2. The fourth-order valence-corrected chi connectivity index (χ4v) is 5.48. The molecule has 1 aliphatic heterocycles. The molecule has 1 unspecified atom stereocenters. The molecule has 1 N–H and O–H groups in total. The molecule has 0 radical (unpaired) electrons. The first-order valence-electron chi connectivity index (χ1n) is 10.7. The van der Waals surface area contributed by atoms with Crippen LogP contribution in [0.25, 0.3) is 10.2 Å². The van der Waals surface area contributed by atoms with E-state index in [2.05, 4.69) is 4.98 Å². The van der Waals surface area contributed by atoms with Crippen LogP contribution in [0.5, 0.6) is 0 Å². The highest BCUT2D eigenvalue weighted by atomic mass is 32.1. The molecular weight excluding hydrogens is 470 g/mol. The van der Waals surface area contributed by atoms with Crippen LogP contribution >= 0.6 is 11.3 Å². The maximum absolute atomic E-state index is 13.4. The summed E-state index contributed by atoms with van der Waals surface area (Å²) < 4.78 is 6.30. The van der Waals surface area contributed by atoms with Crippen LogP contribution in [-0.4, -0.2) is 26.7 Å². The Morgan fingerprint density at radius 2 is 1.94 bits per heavy atom. The number of anilines is 1. The van der Waals surface area contributed by atoms with Crippen molar-refractivity contribution in [3.05, 3.63) is 98.2 Å². The van der Waals surface area contributed by atoms with E-state index >= 15 is 0 Å². The number of benzene rings is 2. The summed E-state index contributed by atoms with van der Waals surface area (Å²) in [6.07, 6.45) is 0. The van der Waals surface area contributed by atoms with Gasteiger partial charge in [-0.3, -0.25) is 24.6 Å². The molecule has 5 rings (SSSR count). The number of nitrogens with zero attached hydrogens (tertiary/aromatic N) is 3. The number of ketones is 1. The molecule has 0 saturated carbocycles. The van der Waals surface area contributed by atoms with Crippen molar-refractivity contribution in [1.29, 1.82) is 0 Å². The highest BCUT2D eigenvalue weighted by molar-refractivity contribution is 7.22. The highest BCUT2D eigenvalue weighted by Gasteiger charge is 2.47. The number of amides is 1. The number of carbonyl (C=O) groups is 2. The molecule has 4 aromatic rings. The quantitative estimate of drug-likeness (QED) is 0.223. The molecule has 2 aromatic heterocycles. The second-order valence-corrected chi connectivity index (χ2v) is 9.37. The summed E-state index contributed by atoms with van der Waals surface area (Å²) in [5.74, 6) is -1.81. The molecule has 35 heavy (non-hydrogen) atoms. The molecule has 9 nitrogen and oxygen atoms in total. The van der Waals surface area contributed by atoms with Gasteiger partial charge in [0.05, 0.1) is 26.8 Å². The molecule has 0 aliphatic carbocycles. The monoisotopic (exact) mass is 489 g/mol. The molecule has 2 aromatic carbocycles. The second kappa shape index (κ2) is 8.17. The molecule has 10 heteroatoms. The Balaban J connectivity index is 1.72. The van der Waals surface area contributed by atoms with Crippen molar-refractivity contribution < 1.29 is 24.0 Å². The Morgan fingerprint density at radius 3 is 2.63 bits per heavy atom. The molecule has 0 fully saturated rings. The van der Waals surface area contributed by atoms with E-state index in [9.17, 15) is 24.8 Å². The van der Waals surface area contributed by atoms with Crippen molar-refractivity contribution in [3.63, 3.8) is 0 Å². The maximum Gasteiger partial charge on any atom is 0.296 e. The Bertz CT molecular complexity index is 1580. The predicted octanol–water partition coefficient (Wildman–Crippen LogP) is 5.51. The summed E-state index contributed by atoms with van der Waals surface area (Å²) in [7, 11) is 0. The van der Waals surface area contributed by atoms with Gasteiger partial charge in [-0.1, -0.05) is 29.5 Å².